The molecule has 25 heavy (non-hydrogen) atoms. The van der Waals surface area contributed by atoms with Crippen LogP contribution in [-0.2, 0) is 4.79 Å². The van der Waals surface area contributed by atoms with E-state index in [1.165, 1.54) is 11.3 Å². The van der Waals surface area contributed by atoms with Gasteiger partial charge in [0.1, 0.15) is 5.82 Å². The Morgan fingerprint density at radius 2 is 1.80 bits per heavy atom. The smallest absolute Gasteiger partial charge is 0.262 e. The number of benzene rings is 1. The fourth-order valence-electron chi connectivity index (χ4n) is 2.34. The number of carbonyl (C=O) groups is 2. The topological polar surface area (TPSA) is 71.1 Å². The molecule has 0 aliphatic heterocycles. The Morgan fingerprint density at radius 3 is 2.56 bits per heavy atom. The average molecular weight is 351 g/mol. The highest BCUT2D eigenvalue weighted by atomic mass is 32.1. The minimum atomic E-state index is -0.187. The van der Waals surface area contributed by atoms with E-state index in [9.17, 15) is 9.59 Å². The number of rotatable bonds is 6. The number of thiophene rings is 1. The molecule has 0 atom stereocenters. The maximum atomic E-state index is 12.4. The average Bonchev–Trinajstić information content (AvgIpc) is 3.13. The summed E-state index contributed by atoms with van der Waals surface area (Å²) in [6.45, 7) is 0.267. The lowest BCUT2D eigenvalue weighted by Crippen LogP contribution is -2.27. The van der Waals surface area contributed by atoms with Gasteiger partial charge in [0.15, 0.2) is 0 Å². The van der Waals surface area contributed by atoms with Crippen LogP contribution in [0.15, 0.2) is 66.2 Å². The molecular formula is C19H17N3O2S. The first-order chi connectivity index (χ1) is 12.2. The Balaban J connectivity index is 1.54. The zero-order valence-electron chi connectivity index (χ0n) is 13.4. The molecule has 0 fully saturated rings. The Morgan fingerprint density at radius 1 is 1.00 bits per heavy atom. The molecule has 3 aromatic rings. The van der Waals surface area contributed by atoms with Crippen LogP contribution in [0.3, 0.4) is 0 Å². The van der Waals surface area contributed by atoms with Crippen LogP contribution in [0.4, 0.5) is 5.82 Å². The lowest BCUT2D eigenvalue weighted by molar-refractivity contribution is -0.116. The maximum absolute atomic E-state index is 12.4. The molecule has 0 saturated heterocycles. The van der Waals surface area contributed by atoms with Gasteiger partial charge in [-0.05, 0) is 29.1 Å². The van der Waals surface area contributed by atoms with Crippen molar-refractivity contribution in [3.8, 4) is 11.1 Å². The van der Waals surface area contributed by atoms with Gasteiger partial charge in [-0.3, -0.25) is 9.59 Å². The Kier molecular flexibility index (Phi) is 5.53. The Hall–Kier alpha value is -2.99. The second kappa shape index (κ2) is 8.21. The molecule has 2 heterocycles. The van der Waals surface area contributed by atoms with Crippen LogP contribution >= 0.6 is 11.3 Å². The molecule has 6 heteroatoms. The van der Waals surface area contributed by atoms with E-state index in [0.717, 1.165) is 11.1 Å². The molecule has 0 radical (unpaired) electrons. The number of hydrogen-bond acceptors (Lipinski definition) is 4. The van der Waals surface area contributed by atoms with Crippen molar-refractivity contribution in [3.63, 3.8) is 0 Å². The van der Waals surface area contributed by atoms with Gasteiger partial charge in [-0.1, -0.05) is 36.4 Å². The van der Waals surface area contributed by atoms with Crippen molar-refractivity contribution in [2.24, 2.45) is 0 Å². The number of pyridine rings is 1. The zero-order valence-corrected chi connectivity index (χ0v) is 14.3. The molecule has 2 amide bonds. The molecule has 2 aromatic heterocycles. The van der Waals surface area contributed by atoms with Crippen molar-refractivity contribution in [1.82, 2.24) is 10.3 Å². The number of nitrogens with zero attached hydrogens (tertiary/aromatic N) is 1. The van der Waals surface area contributed by atoms with Crippen molar-refractivity contribution in [1.29, 1.82) is 0 Å². The van der Waals surface area contributed by atoms with E-state index >= 15 is 0 Å². The van der Waals surface area contributed by atoms with E-state index in [0.29, 0.717) is 10.7 Å². The summed E-state index contributed by atoms with van der Waals surface area (Å²) in [5.41, 5.74) is 1.91. The number of nitrogens with one attached hydrogen (secondary N) is 2. The van der Waals surface area contributed by atoms with Crippen molar-refractivity contribution < 1.29 is 9.59 Å². The number of hydrogen-bond donors (Lipinski definition) is 2. The molecule has 0 unspecified atom stereocenters. The van der Waals surface area contributed by atoms with E-state index in [4.69, 9.17) is 0 Å². The first-order valence-electron chi connectivity index (χ1n) is 7.86. The van der Waals surface area contributed by atoms with Gasteiger partial charge in [-0.25, -0.2) is 4.98 Å². The third-order valence-electron chi connectivity index (χ3n) is 3.53. The predicted molar refractivity (Wildman–Crippen MR) is 99.6 cm³/mol. The third-order valence-corrected chi connectivity index (χ3v) is 4.44. The molecule has 0 bridgehead atoms. The number of anilines is 1. The summed E-state index contributed by atoms with van der Waals surface area (Å²) in [5.74, 6) is 0.149. The summed E-state index contributed by atoms with van der Waals surface area (Å²) >= 11 is 1.39. The van der Waals surface area contributed by atoms with Crippen LogP contribution in [0.25, 0.3) is 11.1 Å². The van der Waals surface area contributed by atoms with Gasteiger partial charge in [-0.2, -0.15) is 0 Å². The number of amides is 2. The minimum Gasteiger partial charge on any atom is -0.351 e. The molecule has 126 valence electrons. The fraction of sp³-hybridized carbons (Fsp3) is 0.105. The molecule has 0 saturated carbocycles. The SMILES string of the molecule is O=C(CCNC(=O)c1sccc1-c1ccccc1)Nc1ccccn1. The van der Waals surface area contributed by atoms with Crippen LogP contribution in [0, 0.1) is 0 Å². The van der Waals surface area contributed by atoms with Crippen molar-refractivity contribution in [2.45, 2.75) is 6.42 Å². The van der Waals surface area contributed by atoms with Crippen molar-refractivity contribution >= 4 is 29.0 Å². The van der Waals surface area contributed by atoms with Crippen LogP contribution in [-0.4, -0.2) is 23.3 Å². The summed E-state index contributed by atoms with van der Waals surface area (Å²) in [6, 6.07) is 17.0. The lowest BCUT2D eigenvalue weighted by atomic mass is 10.1. The monoisotopic (exact) mass is 351 g/mol. The van der Waals surface area contributed by atoms with Crippen LogP contribution < -0.4 is 10.6 Å². The maximum Gasteiger partial charge on any atom is 0.262 e. The molecular weight excluding hydrogens is 334 g/mol. The molecule has 2 N–H and O–H groups in total. The highest BCUT2D eigenvalue weighted by molar-refractivity contribution is 7.12. The molecule has 1 aromatic carbocycles. The second-order valence-corrected chi connectivity index (χ2v) is 6.21. The fourth-order valence-corrected chi connectivity index (χ4v) is 3.17. The largest absolute Gasteiger partial charge is 0.351 e. The number of carbonyl (C=O) groups excluding carboxylic acids is 2. The second-order valence-electron chi connectivity index (χ2n) is 5.30. The van der Waals surface area contributed by atoms with Gasteiger partial charge < -0.3 is 10.6 Å². The highest BCUT2D eigenvalue weighted by Gasteiger charge is 2.14. The summed E-state index contributed by atoms with van der Waals surface area (Å²) in [5, 5.41) is 7.38. The van der Waals surface area contributed by atoms with Gasteiger partial charge in [0.2, 0.25) is 5.91 Å². The van der Waals surface area contributed by atoms with E-state index in [2.05, 4.69) is 15.6 Å². The quantitative estimate of drug-likeness (QED) is 0.713. The normalized spacial score (nSPS) is 10.2. The molecule has 3 rings (SSSR count). The standard InChI is InChI=1S/C19H17N3O2S/c23-17(22-16-8-4-5-11-20-16)9-12-21-19(24)18-15(10-13-25-18)14-6-2-1-3-7-14/h1-8,10-11,13H,9,12H2,(H,21,24)(H,20,22,23). The van der Waals surface area contributed by atoms with Gasteiger partial charge in [0, 0.05) is 24.7 Å². The van der Waals surface area contributed by atoms with Crippen LogP contribution in [0.5, 0.6) is 0 Å². The van der Waals surface area contributed by atoms with Gasteiger partial charge >= 0.3 is 0 Å². The Bertz CT molecular complexity index is 847. The summed E-state index contributed by atoms with van der Waals surface area (Å²) in [7, 11) is 0. The summed E-state index contributed by atoms with van der Waals surface area (Å²) < 4.78 is 0. The molecule has 5 nitrogen and oxygen atoms in total. The third kappa shape index (κ3) is 4.51. The lowest BCUT2D eigenvalue weighted by Gasteiger charge is -2.07. The van der Waals surface area contributed by atoms with Crippen LogP contribution in [0.2, 0.25) is 0 Å². The molecule has 0 aliphatic carbocycles. The van der Waals surface area contributed by atoms with E-state index in [1.807, 2.05) is 41.8 Å². The van der Waals surface area contributed by atoms with E-state index < -0.39 is 0 Å². The van der Waals surface area contributed by atoms with Crippen molar-refractivity contribution in [3.05, 3.63) is 71.1 Å². The molecule has 0 spiro atoms. The van der Waals surface area contributed by atoms with E-state index in [-0.39, 0.29) is 24.8 Å². The van der Waals surface area contributed by atoms with E-state index in [1.54, 1.807) is 24.4 Å². The summed E-state index contributed by atoms with van der Waals surface area (Å²) in [4.78, 5) is 28.9. The first kappa shape index (κ1) is 16.9. The first-order valence-corrected chi connectivity index (χ1v) is 8.74. The predicted octanol–water partition coefficient (Wildman–Crippen LogP) is 3.57. The van der Waals surface area contributed by atoms with Crippen molar-refractivity contribution in [2.75, 3.05) is 11.9 Å². The van der Waals surface area contributed by atoms with Gasteiger partial charge in [-0.15, -0.1) is 11.3 Å². The van der Waals surface area contributed by atoms with Gasteiger partial charge in [0.25, 0.3) is 5.91 Å². The number of aromatic nitrogens is 1. The Labute approximate surface area is 149 Å². The summed E-state index contributed by atoms with van der Waals surface area (Å²) in [6.07, 6.45) is 1.80. The molecule has 0 aliphatic rings. The van der Waals surface area contributed by atoms with Gasteiger partial charge in [0.05, 0.1) is 4.88 Å². The minimum absolute atomic E-state index is 0.167. The van der Waals surface area contributed by atoms with Crippen LogP contribution in [0.1, 0.15) is 16.1 Å². The highest BCUT2D eigenvalue weighted by Crippen LogP contribution is 2.27. The zero-order chi connectivity index (χ0) is 17.5.